The van der Waals surface area contributed by atoms with E-state index < -0.39 is 6.04 Å². The van der Waals surface area contributed by atoms with Gasteiger partial charge < -0.3 is 10.2 Å². The molecule has 0 fully saturated rings. The van der Waals surface area contributed by atoms with Gasteiger partial charge in [-0.25, -0.2) is 0 Å². The van der Waals surface area contributed by atoms with E-state index in [1.165, 1.54) is 0 Å². The fraction of sp³-hybridized carbons (Fsp3) is 0.440. The molecule has 0 aliphatic rings. The molecule has 0 bridgehead atoms. The maximum Gasteiger partial charge on any atom is 0.243 e. The van der Waals surface area contributed by atoms with Gasteiger partial charge in [-0.05, 0) is 55.5 Å². The van der Waals surface area contributed by atoms with Crippen LogP contribution in [-0.2, 0) is 21.9 Å². The van der Waals surface area contributed by atoms with Crippen molar-refractivity contribution in [2.24, 2.45) is 0 Å². The number of amides is 2. The van der Waals surface area contributed by atoms with E-state index in [9.17, 15) is 9.59 Å². The molecule has 31 heavy (non-hydrogen) atoms. The van der Waals surface area contributed by atoms with Gasteiger partial charge in [0, 0.05) is 23.4 Å². The fourth-order valence-electron chi connectivity index (χ4n) is 3.30. The van der Waals surface area contributed by atoms with Gasteiger partial charge in [0.1, 0.15) is 6.04 Å². The second kappa shape index (κ2) is 12.8. The molecule has 0 aliphatic heterocycles. The third kappa shape index (κ3) is 7.89. The van der Waals surface area contributed by atoms with Crippen molar-refractivity contribution in [3.8, 4) is 0 Å². The van der Waals surface area contributed by atoms with Crippen molar-refractivity contribution in [1.29, 1.82) is 0 Å². The summed E-state index contributed by atoms with van der Waals surface area (Å²) in [6.45, 7) is 8.44. The minimum atomic E-state index is -0.493. The van der Waals surface area contributed by atoms with Crippen LogP contribution in [0.15, 0.2) is 48.5 Å². The Bertz CT molecular complexity index is 874. The number of carbonyl (C=O) groups is 2. The van der Waals surface area contributed by atoms with Crippen LogP contribution in [0.25, 0.3) is 0 Å². The van der Waals surface area contributed by atoms with Gasteiger partial charge in [-0.3, -0.25) is 9.59 Å². The van der Waals surface area contributed by atoms with E-state index in [2.05, 4.69) is 5.32 Å². The summed E-state index contributed by atoms with van der Waals surface area (Å²) in [5.41, 5.74) is 3.26. The van der Waals surface area contributed by atoms with Crippen LogP contribution in [0.4, 0.5) is 0 Å². The summed E-state index contributed by atoms with van der Waals surface area (Å²) in [7, 11) is 0. The first-order valence-electron chi connectivity index (χ1n) is 10.8. The standard InChI is InChI=1S/C25H33ClN2O2S/c1-5-19(4)27-25(30)23(6-2)28(15-21-12-8-7-10-18(21)3)24(29)17-31-16-20-11-9-13-22(26)14-20/h7-14,19,23H,5-6,15-17H2,1-4H3,(H,27,30)/t19-,23-/m0/s1. The molecule has 0 aromatic heterocycles. The summed E-state index contributed by atoms with van der Waals surface area (Å²) in [5, 5.41) is 3.74. The molecule has 168 valence electrons. The number of aryl methyl sites for hydroxylation is 1. The molecule has 2 amide bonds. The molecule has 1 N–H and O–H groups in total. The Labute approximate surface area is 195 Å². The van der Waals surface area contributed by atoms with Crippen LogP contribution >= 0.6 is 23.4 Å². The number of rotatable bonds is 11. The zero-order valence-corrected chi connectivity index (χ0v) is 20.4. The van der Waals surface area contributed by atoms with Gasteiger partial charge >= 0.3 is 0 Å². The predicted octanol–water partition coefficient (Wildman–Crippen LogP) is 5.60. The Morgan fingerprint density at radius 3 is 2.48 bits per heavy atom. The van der Waals surface area contributed by atoms with Gasteiger partial charge in [0.15, 0.2) is 0 Å². The third-order valence-electron chi connectivity index (χ3n) is 5.37. The van der Waals surface area contributed by atoms with E-state index in [1.54, 1.807) is 16.7 Å². The highest BCUT2D eigenvalue weighted by atomic mass is 35.5. The molecule has 0 saturated heterocycles. The van der Waals surface area contributed by atoms with Crippen molar-refractivity contribution in [3.05, 3.63) is 70.2 Å². The van der Waals surface area contributed by atoms with E-state index >= 15 is 0 Å². The lowest BCUT2D eigenvalue weighted by atomic mass is 10.1. The molecular formula is C25H33ClN2O2S. The fourth-order valence-corrected chi connectivity index (χ4v) is 4.37. The number of benzene rings is 2. The summed E-state index contributed by atoms with van der Waals surface area (Å²) >= 11 is 7.60. The minimum absolute atomic E-state index is 0.0265. The molecule has 0 spiro atoms. The summed E-state index contributed by atoms with van der Waals surface area (Å²) in [6.07, 6.45) is 1.42. The van der Waals surface area contributed by atoms with Crippen LogP contribution in [0.2, 0.25) is 5.02 Å². The molecule has 2 rings (SSSR count). The van der Waals surface area contributed by atoms with Crippen LogP contribution in [-0.4, -0.2) is 34.6 Å². The zero-order valence-electron chi connectivity index (χ0n) is 18.9. The van der Waals surface area contributed by atoms with Gasteiger partial charge in [0.05, 0.1) is 5.75 Å². The summed E-state index contributed by atoms with van der Waals surface area (Å²) in [6, 6.07) is 15.3. The molecule has 0 saturated carbocycles. The van der Waals surface area contributed by atoms with Gasteiger partial charge in [0.2, 0.25) is 11.8 Å². The van der Waals surface area contributed by atoms with Crippen molar-refractivity contribution in [1.82, 2.24) is 10.2 Å². The van der Waals surface area contributed by atoms with Crippen molar-refractivity contribution in [2.45, 2.75) is 64.9 Å². The first-order valence-corrected chi connectivity index (χ1v) is 12.4. The number of hydrogen-bond donors (Lipinski definition) is 1. The Balaban J connectivity index is 2.15. The minimum Gasteiger partial charge on any atom is -0.352 e. The highest BCUT2D eigenvalue weighted by Crippen LogP contribution is 2.20. The molecule has 0 heterocycles. The number of nitrogens with zero attached hydrogens (tertiary/aromatic N) is 1. The normalized spacial score (nSPS) is 12.8. The number of thioether (sulfide) groups is 1. The highest BCUT2D eigenvalue weighted by Gasteiger charge is 2.29. The lowest BCUT2D eigenvalue weighted by Gasteiger charge is -2.32. The van der Waals surface area contributed by atoms with Gasteiger partial charge in [-0.15, -0.1) is 11.8 Å². The molecule has 0 unspecified atom stereocenters. The van der Waals surface area contributed by atoms with E-state index in [4.69, 9.17) is 11.6 Å². The molecule has 2 atom stereocenters. The number of hydrogen-bond acceptors (Lipinski definition) is 3. The summed E-state index contributed by atoms with van der Waals surface area (Å²) in [5.74, 6) is 0.895. The molecule has 0 aliphatic carbocycles. The smallest absolute Gasteiger partial charge is 0.243 e. The summed E-state index contributed by atoms with van der Waals surface area (Å²) in [4.78, 5) is 28.0. The Kier molecular flexibility index (Phi) is 10.4. The largest absolute Gasteiger partial charge is 0.352 e. The molecule has 0 radical (unpaired) electrons. The van der Waals surface area contributed by atoms with Gasteiger partial charge in [-0.1, -0.05) is 61.8 Å². The molecular weight excluding hydrogens is 428 g/mol. The molecule has 6 heteroatoms. The zero-order chi connectivity index (χ0) is 22.8. The third-order valence-corrected chi connectivity index (χ3v) is 6.60. The number of halogens is 1. The average molecular weight is 461 g/mol. The quantitative estimate of drug-likeness (QED) is 0.474. The van der Waals surface area contributed by atoms with Crippen molar-refractivity contribution in [3.63, 3.8) is 0 Å². The van der Waals surface area contributed by atoms with E-state index in [0.29, 0.717) is 29.5 Å². The topological polar surface area (TPSA) is 49.4 Å². The first-order chi connectivity index (χ1) is 14.8. The maximum absolute atomic E-state index is 13.3. The van der Waals surface area contributed by atoms with Crippen LogP contribution in [0.5, 0.6) is 0 Å². The number of carbonyl (C=O) groups excluding carboxylic acids is 2. The van der Waals surface area contributed by atoms with E-state index in [1.807, 2.05) is 76.2 Å². The van der Waals surface area contributed by atoms with Crippen LogP contribution in [0.3, 0.4) is 0 Å². The highest BCUT2D eigenvalue weighted by molar-refractivity contribution is 7.99. The van der Waals surface area contributed by atoms with Gasteiger partial charge in [-0.2, -0.15) is 0 Å². The van der Waals surface area contributed by atoms with Crippen LogP contribution in [0.1, 0.15) is 50.3 Å². The van der Waals surface area contributed by atoms with Crippen LogP contribution in [0, 0.1) is 6.92 Å². The monoisotopic (exact) mass is 460 g/mol. The second-order valence-electron chi connectivity index (χ2n) is 7.81. The van der Waals surface area contributed by atoms with Crippen LogP contribution < -0.4 is 5.32 Å². The number of nitrogens with one attached hydrogen (secondary N) is 1. The second-order valence-corrected chi connectivity index (χ2v) is 9.23. The Morgan fingerprint density at radius 2 is 1.84 bits per heavy atom. The molecule has 2 aromatic carbocycles. The van der Waals surface area contributed by atoms with E-state index in [0.717, 1.165) is 23.1 Å². The van der Waals surface area contributed by atoms with Crippen molar-refractivity contribution >= 4 is 35.2 Å². The van der Waals surface area contributed by atoms with Gasteiger partial charge in [0.25, 0.3) is 0 Å². The lowest BCUT2D eigenvalue weighted by molar-refractivity contribution is -0.139. The molecule has 4 nitrogen and oxygen atoms in total. The lowest BCUT2D eigenvalue weighted by Crippen LogP contribution is -2.51. The maximum atomic E-state index is 13.3. The van der Waals surface area contributed by atoms with Crippen molar-refractivity contribution < 1.29 is 9.59 Å². The van der Waals surface area contributed by atoms with E-state index in [-0.39, 0.29) is 17.9 Å². The Morgan fingerprint density at radius 1 is 1.10 bits per heavy atom. The predicted molar refractivity (Wildman–Crippen MR) is 131 cm³/mol. The SMILES string of the molecule is CC[C@H](C)NC(=O)[C@H](CC)N(Cc1ccccc1C)C(=O)CSCc1cccc(Cl)c1. The van der Waals surface area contributed by atoms with Crippen molar-refractivity contribution in [2.75, 3.05) is 5.75 Å². The first kappa shape index (κ1) is 25.3. The summed E-state index contributed by atoms with van der Waals surface area (Å²) < 4.78 is 0. The Hall–Kier alpha value is -1.98. The molecule has 2 aromatic rings. The average Bonchev–Trinajstić information content (AvgIpc) is 2.74.